The van der Waals surface area contributed by atoms with Gasteiger partial charge in [-0.1, -0.05) is 12.5 Å². The van der Waals surface area contributed by atoms with Crippen molar-refractivity contribution < 1.29 is 8.42 Å². The molecule has 0 bridgehead atoms. The number of hydrogen-bond acceptors (Lipinski definition) is 6. The predicted molar refractivity (Wildman–Crippen MR) is 117 cm³/mol. The highest BCUT2D eigenvalue weighted by atomic mass is 32.2. The third-order valence-corrected chi connectivity index (χ3v) is 8.66. The number of rotatable bonds is 6. The van der Waals surface area contributed by atoms with Crippen LogP contribution < -0.4 is 5.32 Å². The van der Waals surface area contributed by atoms with E-state index in [0.29, 0.717) is 18.4 Å². The van der Waals surface area contributed by atoms with Crippen LogP contribution in [-0.2, 0) is 35.5 Å². The number of H-pyrrole nitrogens is 1. The van der Waals surface area contributed by atoms with Gasteiger partial charge in [0.2, 0.25) is 20.9 Å². The minimum absolute atomic E-state index is 0.0207. The van der Waals surface area contributed by atoms with Gasteiger partial charge in [0.25, 0.3) is 0 Å². The molecule has 1 aromatic carbocycles. The second kappa shape index (κ2) is 7.96. The summed E-state index contributed by atoms with van der Waals surface area (Å²) in [5.41, 5.74) is 6.72. The molecular weight excluding hydrogens is 398 g/mol. The van der Waals surface area contributed by atoms with Crippen LogP contribution in [-0.4, -0.2) is 53.9 Å². The fraction of sp³-hybridized carbons (Fsp3) is 0.636. The van der Waals surface area contributed by atoms with Gasteiger partial charge >= 0.3 is 0 Å². The van der Waals surface area contributed by atoms with Gasteiger partial charge in [-0.3, -0.25) is 0 Å². The van der Waals surface area contributed by atoms with Crippen molar-refractivity contribution in [2.45, 2.75) is 75.4 Å². The molecule has 162 valence electrons. The first kappa shape index (κ1) is 20.0. The van der Waals surface area contributed by atoms with Gasteiger partial charge in [-0.25, -0.2) is 13.5 Å². The lowest BCUT2D eigenvalue weighted by atomic mass is 9.99. The van der Waals surface area contributed by atoms with Crippen molar-refractivity contribution in [1.82, 2.24) is 20.1 Å². The van der Waals surface area contributed by atoms with Crippen molar-refractivity contribution in [1.29, 1.82) is 0 Å². The van der Waals surface area contributed by atoms with Crippen molar-refractivity contribution in [2.75, 3.05) is 24.7 Å². The Morgan fingerprint density at radius 1 is 1.10 bits per heavy atom. The van der Waals surface area contributed by atoms with Crippen LogP contribution in [0.2, 0.25) is 0 Å². The average Bonchev–Trinajstić information content (AvgIpc) is 3.47. The molecule has 1 atom stereocenters. The number of nitrogens with zero attached hydrogens (tertiary/aromatic N) is 3. The van der Waals surface area contributed by atoms with E-state index >= 15 is 0 Å². The average molecular weight is 430 g/mol. The molecule has 8 heteroatoms. The molecule has 2 aliphatic carbocycles. The minimum atomic E-state index is -3.47. The van der Waals surface area contributed by atoms with Gasteiger partial charge < -0.3 is 10.2 Å². The zero-order valence-electron chi connectivity index (χ0n) is 17.7. The first-order valence-corrected chi connectivity index (χ1v) is 13.0. The van der Waals surface area contributed by atoms with Crippen LogP contribution in [0.4, 0.5) is 11.6 Å². The van der Waals surface area contributed by atoms with Gasteiger partial charge in [-0.05, 0) is 93.6 Å². The highest BCUT2D eigenvalue weighted by Crippen LogP contribution is 2.39. The standard InChI is InChI=1S/C22H31N5O2S/c1-27-12-3-2-8-17(27)11-13-30(28,29)22-24-21(25-26-22)23-20-18-9-4-6-15(18)14-16-7-5-10-19(16)20/h14,17H,2-13H2,1H3,(H2,23,24,25,26). The number of sulfone groups is 1. The maximum atomic E-state index is 12.8. The van der Waals surface area contributed by atoms with Crippen LogP contribution in [0.1, 0.15) is 60.8 Å². The second-order valence-corrected chi connectivity index (χ2v) is 11.1. The molecule has 1 aromatic heterocycles. The van der Waals surface area contributed by atoms with Gasteiger partial charge in [0.15, 0.2) is 0 Å². The van der Waals surface area contributed by atoms with Gasteiger partial charge in [0, 0.05) is 11.7 Å². The smallest absolute Gasteiger partial charge is 0.247 e. The Bertz CT molecular complexity index is 1010. The molecule has 2 heterocycles. The van der Waals surface area contributed by atoms with Crippen LogP contribution in [0.15, 0.2) is 11.2 Å². The Morgan fingerprint density at radius 2 is 1.83 bits per heavy atom. The Labute approximate surface area is 178 Å². The normalized spacial score (nSPS) is 21.6. The van der Waals surface area contributed by atoms with Crippen molar-refractivity contribution >= 4 is 21.5 Å². The quantitative estimate of drug-likeness (QED) is 0.733. The van der Waals surface area contributed by atoms with Crippen molar-refractivity contribution in [3.8, 4) is 0 Å². The summed E-state index contributed by atoms with van der Waals surface area (Å²) < 4.78 is 25.7. The maximum Gasteiger partial charge on any atom is 0.247 e. The van der Waals surface area contributed by atoms with Crippen molar-refractivity contribution in [2.24, 2.45) is 0 Å². The molecule has 5 rings (SSSR count). The third kappa shape index (κ3) is 3.75. The fourth-order valence-electron chi connectivity index (χ4n) is 5.42. The predicted octanol–water partition coefficient (Wildman–Crippen LogP) is 3.17. The molecule has 2 N–H and O–H groups in total. The number of anilines is 2. The number of nitrogens with one attached hydrogen (secondary N) is 2. The van der Waals surface area contributed by atoms with E-state index in [1.807, 2.05) is 0 Å². The molecular formula is C22H31N5O2S. The van der Waals surface area contributed by atoms with E-state index in [2.05, 4.69) is 38.5 Å². The van der Waals surface area contributed by atoms with Crippen molar-refractivity contribution in [3.63, 3.8) is 0 Å². The Morgan fingerprint density at radius 3 is 2.53 bits per heavy atom. The van der Waals surface area contributed by atoms with Gasteiger partial charge in [0.1, 0.15) is 0 Å². The highest BCUT2D eigenvalue weighted by Gasteiger charge is 2.27. The third-order valence-electron chi connectivity index (χ3n) is 7.11. The fourth-order valence-corrected chi connectivity index (χ4v) is 6.60. The zero-order chi connectivity index (χ0) is 20.7. The molecule has 2 aromatic rings. The molecule has 3 aliphatic rings. The summed E-state index contributed by atoms with van der Waals surface area (Å²) in [6.07, 6.45) is 10.8. The van der Waals surface area contributed by atoms with E-state index in [0.717, 1.165) is 44.3 Å². The number of fused-ring (bicyclic) bond motifs is 2. The van der Waals surface area contributed by atoms with Crippen LogP contribution in [0.5, 0.6) is 0 Å². The lowest BCUT2D eigenvalue weighted by Gasteiger charge is -2.32. The largest absolute Gasteiger partial charge is 0.322 e. The van der Waals surface area contributed by atoms with Gasteiger partial charge in [-0.15, -0.1) is 5.10 Å². The number of piperidine rings is 1. The summed E-state index contributed by atoms with van der Waals surface area (Å²) >= 11 is 0. The molecule has 30 heavy (non-hydrogen) atoms. The summed E-state index contributed by atoms with van der Waals surface area (Å²) in [6.45, 7) is 1.05. The number of aromatic nitrogens is 3. The Balaban J connectivity index is 1.33. The van der Waals surface area contributed by atoms with E-state index < -0.39 is 9.84 Å². The SMILES string of the molecule is CN1CCCCC1CCS(=O)(=O)c1nc(Nc2c3c(cc4c2CCC4)CCC3)n[nH]1. The van der Waals surface area contributed by atoms with Crippen LogP contribution in [0.25, 0.3) is 0 Å². The summed E-state index contributed by atoms with van der Waals surface area (Å²) in [5.74, 6) is 0.463. The number of aromatic amines is 1. The van der Waals surface area contributed by atoms with Crippen molar-refractivity contribution in [3.05, 3.63) is 28.3 Å². The number of benzene rings is 1. The minimum Gasteiger partial charge on any atom is -0.322 e. The number of hydrogen-bond donors (Lipinski definition) is 2. The molecule has 1 unspecified atom stereocenters. The topological polar surface area (TPSA) is 91.0 Å². The van der Waals surface area contributed by atoms with Gasteiger partial charge in [-0.2, -0.15) is 4.98 Å². The van der Waals surface area contributed by atoms with E-state index in [9.17, 15) is 8.42 Å². The lowest BCUT2D eigenvalue weighted by Crippen LogP contribution is -2.37. The van der Waals surface area contributed by atoms with E-state index in [1.165, 1.54) is 47.9 Å². The second-order valence-electron chi connectivity index (χ2n) is 9.06. The molecule has 1 saturated heterocycles. The Hall–Kier alpha value is -1.93. The van der Waals surface area contributed by atoms with E-state index in [1.54, 1.807) is 0 Å². The number of aryl methyl sites for hydroxylation is 2. The number of likely N-dealkylation sites (tertiary alicyclic amines) is 1. The van der Waals surface area contributed by atoms with Crippen LogP contribution in [0, 0.1) is 0 Å². The van der Waals surface area contributed by atoms with E-state index in [4.69, 9.17) is 0 Å². The molecule has 1 fully saturated rings. The molecule has 1 aliphatic heterocycles. The molecule has 0 spiro atoms. The molecule has 7 nitrogen and oxygen atoms in total. The lowest BCUT2D eigenvalue weighted by molar-refractivity contribution is 0.181. The zero-order valence-corrected chi connectivity index (χ0v) is 18.5. The summed E-state index contributed by atoms with van der Waals surface area (Å²) in [6, 6.07) is 2.72. The first-order valence-electron chi connectivity index (χ1n) is 11.3. The van der Waals surface area contributed by atoms with E-state index in [-0.39, 0.29) is 10.9 Å². The molecule has 0 amide bonds. The first-order chi connectivity index (χ1) is 14.5. The monoisotopic (exact) mass is 429 g/mol. The highest BCUT2D eigenvalue weighted by molar-refractivity contribution is 7.91. The summed E-state index contributed by atoms with van der Waals surface area (Å²) in [4.78, 5) is 6.61. The maximum absolute atomic E-state index is 12.8. The summed E-state index contributed by atoms with van der Waals surface area (Å²) in [5, 5.41) is 10.2. The van der Waals surface area contributed by atoms with Gasteiger partial charge in [0.05, 0.1) is 5.75 Å². The van der Waals surface area contributed by atoms with Crippen LogP contribution >= 0.6 is 0 Å². The molecule has 0 radical (unpaired) electrons. The van der Waals surface area contributed by atoms with Crippen LogP contribution in [0.3, 0.4) is 0 Å². The summed E-state index contributed by atoms with van der Waals surface area (Å²) in [7, 11) is -1.39. The molecule has 0 saturated carbocycles. The Kier molecular flexibility index (Phi) is 5.31.